The molecule has 50 heavy (non-hydrogen) atoms. The highest BCUT2D eigenvalue weighted by Gasteiger charge is 2.35. The molecule has 5 rings (SSSR count). The monoisotopic (exact) mass is 693 g/mol. The lowest BCUT2D eigenvalue weighted by molar-refractivity contribution is -0.140. The number of anilines is 1. The smallest absolute Gasteiger partial charge is 0.264 e. The molecule has 0 aliphatic heterocycles. The molecule has 2 amide bonds. The zero-order valence-electron chi connectivity index (χ0n) is 28.0. The van der Waals surface area contributed by atoms with Crippen molar-refractivity contribution in [1.82, 2.24) is 10.2 Å². The first kappa shape index (κ1) is 35.8. The molecule has 8 nitrogen and oxygen atoms in total. The van der Waals surface area contributed by atoms with E-state index in [4.69, 9.17) is 4.74 Å². The van der Waals surface area contributed by atoms with Crippen molar-refractivity contribution in [2.24, 2.45) is 5.92 Å². The predicted octanol–water partition coefficient (Wildman–Crippen LogP) is 7.23. The van der Waals surface area contributed by atoms with E-state index in [1.807, 2.05) is 62.4 Å². The summed E-state index contributed by atoms with van der Waals surface area (Å²) in [7, 11) is -4.29. The van der Waals surface area contributed by atoms with E-state index in [-0.39, 0.29) is 35.0 Å². The number of hydrogen-bond donors (Lipinski definition) is 1. The molecule has 0 bridgehead atoms. The Hall–Kier alpha value is -5.48. The minimum absolute atomic E-state index is 0.0198. The van der Waals surface area contributed by atoms with Crippen molar-refractivity contribution in [2.45, 2.75) is 37.8 Å². The standard InChI is InChI=1S/C40H40FN3O5S/c1-30(2)27-42-40(46)38(26-31-14-6-3-7-15-31)43(28-32-16-12-13-21-37(32)41)39(45)29-44(50(47,48)36-19-10-5-11-20-36)33-22-24-35(25-23-33)49-34-17-8-4-9-18-34/h3-25,30,38H,26-29H2,1-2H3,(H,42,46)/t38-/m0/s1. The Bertz CT molecular complexity index is 1960. The molecule has 5 aromatic rings. The summed E-state index contributed by atoms with van der Waals surface area (Å²) in [5.41, 5.74) is 1.18. The van der Waals surface area contributed by atoms with Gasteiger partial charge in [0.25, 0.3) is 10.0 Å². The molecule has 0 aliphatic carbocycles. The van der Waals surface area contributed by atoms with E-state index in [2.05, 4.69) is 5.32 Å². The summed E-state index contributed by atoms with van der Waals surface area (Å²) in [6.45, 7) is 3.35. The number of sulfonamides is 1. The molecule has 0 aliphatic rings. The second kappa shape index (κ2) is 16.8. The number of amides is 2. The van der Waals surface area contributed by atoms with Crippen LogP contribution >= 0.6 is 0 Å². The zero-order valence-corrected chi connectivity index (χ0v) is 28.8. The average molecular weight is 694 g/mol. The second-order valence-electron chi connectivity index (χ2n) is 12.2. The molecule has 0 fully saturated rings. The molecule has 1 atom stereocenters. The molecule has 0 radical (unpaired) electrons. The maximum Gasteiger partial charge on any atom is 0.264 e. The van der Waals surface area contributed by atoms with Crippen LogP contribution in [0.15, 0.2) is 144 Å². The Morgan fingerprint density at radius 3 is 1.92 bits per heavy atom. The van der Waals surface area contributed by atoms with Gasteiger partial charge in [0, 0.05) is 25.1 Å². The van der Waals surface area contributed by atoms with E-state index in [1.54, 1.807) is 72.8 Å². The van der Waals surface area contributed by atoms with Gasteiger partial charge in [-0.3, -0.25) is 13.9 Å². The van der Waals surface area contributed by atoms with Crippen LogP contribution in [-0.2, 0) is 32.6 Å². The third-order valence-electron chi connectivity index (χ3n) is 7.97. The summed E-state index contributed by atoms with van der Waals surface area (Å²) < 4.78 is 50.5. The summed E-state index contributed by atoms with van der Waals surface area (Å²) in [5.74, 6) is -0.450. The van der Waals surface area contributed by atoms with E-state index < -0.39 is 40.2 Å². The molecule has 258 valence electrons. The van der Waals surface area contributed by atoms with Crippen LogP contribution in [-0.4, -0.2) is 44.3 Å². The van der Waals surface area contributed by atoms with Crippen molar-refractivity contribution in [3.8, 4) is 11.5 Å². The van der Waals surface area contributed by atoms with Gasteiger partial charge in [-0.25, -0.2) is 12.8 Å². The van der Waals surface area contributed by atoms with Gasteiger partial charge in [-0.1, -0.05) is 98.8 Å². The largest absolute Gasteiger partial charge is 0.457 e. The summed E-state index contributed by atoms with van der Waals surface area (Å²) >= 11 is 0. The molecule has 5 aromatic carbocycles. The third kappa shape index (κ3) is 9.35. The van der Waals surface area contributed by atoms with Crippen LogP contribution in [0.25, 0.3) is 0 Å². The molecular formula is C40H40FN3O5S. The molecule has 0 unspecified atom stereocenters. The zero-order chi connectivity index (χ0) is 35.5. The van der Waals surface area contributed by atoms with Gasteiger partial charge in [0.05, 0.1) is 10.6 Å². The normalized spacial score (nSPS) is 11.8. The molecule has 0 spiro atoms. The number of ether oxygens (including phenoxy) is 1. The highest BCUT2D eigenvalue weighted by molar-refractivity contribution is 7.92. The van der Waals surface area contributed by atoms with E-state index in [9.17, 15) is 18.0 Å². The molecule has 1 N–H and O–H groups in total. The Balaban J connectivity index is 1.55. The van der Waals surface area contributed by atoms with Crippen molar-refractivity contribution in [3.05, 3.63) is 156 Å². The van der Waals surface area contributed by atoms with Crippen molar-refractivity contribution in [3.63, 3.8) is 0 Å². The van der Waals surface area contributed by atoms with E-state index in [0.29, 0.717) is 18.0 Å². The fourth-order valence-corrected chi connectivity index (χ4v) is 6.78. The molecule has 0 heterocycles. The summed E-state index contributed by atoms with van der Waals surface area (Å²) in [6, 6.07) is 37.5. The van der Waals surface area contributed by atoms with Crippen molar-refractivity contribution in [2.75, 3.05) is 17.4 Å². The number of nitrogens with zero attached hydrogens (tertiary/aromatic N) is 2. The number of hydrogen-bond acceptors (Lipinski definition) is 5. The van der Waals surface area contributed by atoms with Crippen LogP contribution in [0.2, 0.25) is 0 Å². The first-order chi connectivity index (χ1) is 24.1. The van der Waals surface area contributed by atoms with E-state index in [0.717, 1.165) is 9.87 Å². The first-order valence-electron chi connectivity index (χ1n) is 16.4. The molecule has 0 saturated heterocycles. The maximum absolute atomic E-state index is 15.1. The quantitative estimate of drug-likeness (QED) is 0.125. The lowest BCUT2D eigenvalue weighted by Crippen LogP contribution is -2.53. The molecule has 0 aromatic heterocycles. The molecule has 0 saturated carbocycles. The van der Waals surface area contributed by atoms with Gasteiger partial charge in [0.2, 0.25) is 11.8 Å². The fourth-order valence-electron chi connectivity index (χ4n) is 5.34. The van der Waals surface area contributed by atoms with Gasteiger partial charge in [0.1, 0.15) is 29.9 Å². The van der Waals surface area contributed by atoms with Gasteiger partial charge in [-0.05, 0) is 66.1 Å². The van der Waals surface area contributed by atoms with Crippen LogP contribution in [0.1, 0.15) is 25.0 Å². The van der Waals surface area contributed by atoms with Crippen molar-refractivity contribution >= 4 is 27.5 Å². The number of para-hydroxylation sites is 1. The lowest BCUT2D eigenvalue weighted by Gasteiger charge is -2.34. The van der Waals surface area contributed by atoms with Gasteiger partial charge in [0.15, 0.2) is 0 Å². The molecule has 10 heteroatoms. The van der Waals surface area contributed by atoms with Gasteiger partial charge in [-0.2, -0.15) is 0 Å². The second-order valence-corrected chi connectivity index (χ2v) is 14.1. The number of benzene rings is 5. The third-order valence-corrected chi connectivity index (χ3v) is 9.76. The lowest BCUT2D eigenvalue weighted by atomic mass is 10.0. The summed E-state index contributed by atoms with van der Waals surface area (Å²) in [4.78, 5) is 29.7. The number of nitrogens with one attached hydrogen (secondary N) is 1. The SMILES string of the molecule is CC(C)CNC(=O)[C@H](Cc1ccccc1)N(Cc1ccccc1F)C(=O)CN(c1ccc(Oc2ccccc2)cc1)S(=O)(=O)c1ccccc1. The first-order valence-corrected chi connectivity index (χ1v) is 17.8. The topological polar surface area (TPSA) is 96.0 Å². The number of carbonyl (C=O) groups is 2. The van der Waals surface area contributed by atoms with Crippen LogP contribution in [0, 0.1) is 11.7 Å². The summed E-state index contributed by atoms with van der Waals surface area (Å²) in [6.07, 6.45) is 0.127. The summed E-state index contributed by atoms with van der Waals surface area (Å²) in [5, 5.41) is 2.93. The average Bonchev–Trinajstić information content (AvgIpc) is 3.13. The van der Waals surface area contributed by atoms with Crippen LogP contribution < -0.4 is 14.4 Å². The van der Waals surface area contributed by atoms with Gasteiger partial charge >= 0.3 is 0 Å². The Kier molecular flexibility index (Phi) is 12.0. The van der Waals surface area contributed by atoms with Crippen LogP contribution in [0.4, 0.5) is 10.1 Å². The Morgan fingerprint density at radius 1 is 0.740 bits per heavy atom. The molecular weight excluding hydrogens is 654 g/mol. The van der Waals surface area contributed by atoms with Gasteiger partial charge in [-0.15, -0.1) is 0 Å². The van der Waals surface area contributed by atoms with Crippen LogP contribution in [0.3, 0.4) is 0 Å². The van der Waals surface area contributed by atoms with E-state index in [1.165, 1.54) is 23.1 Å². The fraction of sp³-hybridized carbons (Fsp3) is 0.200. The maximum atomic E-state index is 15.1. The number of halogens is 1. The van der Waals surface area contributed by atoms with Gasteiger partial charge < -0.3 is 15.0 Å². The minimum Gasteiger partial charge on any atom is -0.457 e. The van der Waals surface area contributed by atoms with E-state index >= 15 is 4.39 Å². The van der Waals surface area contributed by atoms with Crippen molar-refractivity contribution in [1.29, 1.82) is 0 Å². The highest BCUT2D eigenvalue weighted by Crippen LogP contribution is 2.29. The Labute approximate surface area is 293 Å². The minimum atomic E-state index is -4.29. The predicted molar refractivity (Wildman–Crippen MR) is 193 cm³/mol. The highest BCUT2D eigenvalue weighted by atomic mass is 32.2. The van der Waals surface area contributed by atoms with Crippen LogP contribution in [0.5, 0.6) is 11.5 Å². The van der Waals surface area contributed by atoms with Crippen molar-refractivity contribution < 1.29 is 27.1 Å². The Morgan fingerprint density at radius 2 is 1.30 bits per heavy atom. The number of rotatable bonds is 15. The number of carbonyl (C=O) groups excluding carboxylic acids is 2.